The number of amides is 2. The van der Waals surface area contributed by atoms with E-state index in [2.05, 4.69) is 37.8 Å². The molecule has 0 saturated carbocycles. The monoisotopic (exact) mass is 646 g/mol. The van der Waals surface area contributed by atoms with Crippen molar-refractivity contribution in [1.29, 1.82) is 0 Å². The topological polar surface area (TPSA) is 99.0 Å². The Bertz CT molecular complexity index is 1600. The minimum atomic E-state index is -0.364. The van der Waals surface area contributed by atoms with Crippen LogP contribution in [0.5, 0.6) is 5.75 Å². The Morgan fingerprint density at radius 2 is 1.80 bits per heavy atom. The highest BCUT2D eigenvalue weighted by Crippen LogP contribution is 2.42. The summed E-state index contributed by atoms with van der Waals surface area (Å²) in [5.41, 5.74) is 2.86. The predicted octanol–water partition coefficient (Wildman–Crippen LogP) is 6.41. The second kappa shape index (κ2) is 13.3. The van der Waals surface area contributed by atoms with Crippen molar-refractivity contribution in [3.05, 3.63) is 99.0 Å². The Hall–Kier alpha value is -3.79. The normalized spacial score (nSPS) is 22.5. The fraction of sp³-hybridized carbons (Fsp3) is 0.382. The van der Waals surface area contributed by atoms with Crippen LogP contribution >= 0.6 is 23.2 Å². The quantitative estimate of drug-likeness (QED) is 0.257. The van der Waals surface area contributed by atoms with Crippen LogP contribution in [0.15, 0.2) is 82.2 Å². The Kier molecular flexibility index (Phi) is 9.21. The minimum Gasteiger partial charge on any atom is -0.496 e. The summed E-state index contributed by atoms with van der Waals surface area (Å²) in [5, 5.41) is 15.9. The van der Waals surface area contributed by atoms with Gasteiger partial charge in [-0.15, -0.1) is 5.10 Å². The number of piperidine rings is 1. The number of rotatable bonds is 10. The average Bonchev–Trinajstić information content (AvgIpc) is 3.78. The zero-order chi connectivity index (χ0) is 31.4. The third-order valence-electron chi connectivity index (χ3n) is 9.68. The summed E-state index contributed by atoms with van der Waals surface area (Å²) < 4.78 is 5.60. The molecule has 0 aromatic heterocycles. The molecule has 2 atom stereocenters. The Labute approximate surface area is 273 Å². The largest absolute Gasteiger partial charge is 0.496 e. The number of ether oxygens (including phenoxy) is 1. The first-order chi connectivity index (χ1) is 21.9. The van der Waals surface area contributed by atoms with Gasteiger partial charge in [-0.1, -0.05) is 65.7 Å². The van der Waals surface area contributed by atoms with E-state index in [0.29, 0.717) is 34.4 Å². The van der Waals surface area contributed by atoms with Gasteiger partial charge >= 0.3 is 0 Å². The maximum atomic E-state index is 14.1. The summed E-state index contributed by atoms with van der Waals surface area (Å²) in [6.07, 6.45) is 5.74. The first-order valence-corrected chi connectivity index (χ1v) is 16.0. The number of halogens is 2. The smallest absolute Gasteiger partial charge is 0.257 e. The number of nitrogens with zero attached hydrogens (tertiary/aromatic N) is 5. The second-order valence-electron chi connectivity index (χ2n) is 12.1. The zero-order valence-corrected chi connectivity index (χ0v) is 26.7. The average molecular weight is 648 g/mol. The molecule has 6 rings (SSSR count). The van der Waals surface area contributed by atoms with Crippen molar-refractivity contribution in [1.82, 2.24) is 15.1 Å². The van der Waals surface area contributed by atoms with E-state index in [0.717, 1.165) is 68.4 Å². The Balaban J connectivity index is 1.21. The van der Waals surface area contributed by atoms with Crippen molar-refractivity contribution in [3.63, 3.8) is 0 Å². The van der Waals surface area contributed by atoms with E-state index in [-0.39, 0.29) is 22.9 Å². The molecule has 3 heterocycles. The molecule has 1 unspecified atom stereocenters. The van der Waals surface area contributed by atoms with Gasteiger partial charge in [0, 0.05) is 31.6 Å². The molecule has 1 N–H and O–H groups in total. The van der Waals surface area contributed by atoms with Crippen molar-refractivity contribution in [2.75, 3.05) is 39.8 Å². The minimum absolute atomic E-state index is 0.0898. The summed E-state index contributed by atoms with van der Waals surface area (Å²) in [4.78, 5) is 30.0. The summed E-state index contributed by atoms with van der Waals surface area (Å²) in [7, 11) is 1.57. The van der Waals surface area contributed by atoms with E-state index in [1.807, 2.05) is 53.4 Å². The number of nitrogens with one attached hydrogen (secondary N) is 1. The molecule has 45 heavy (non-hydrogen) atoms. The first-order valence-electron chi connectivity index (χ1n) is 15.2. The first kappa shape index (κ1) is 31.2. The Morgan fingerprint density at radius 3 is 2.49 bits per heavy atom. The summed E-state index contributed by atoms with van der Waals surface area (Å²) in [6.45, 7) is 3.68. The number of benzene rings is 3. The molecule has 0 spiro atoms. The van der Waals surface area contributed by atoms with Crippen molar-refractivity contribution in [2.24, 2.45) is 15.4 Å². The van der Waals surface area contributed by atoms with E-state index < -0.39 is 0 Å². The van der Waals surface area contributed by atoms with Crippen LogP contribution in [0.2, 0.25) is 10.0 Å². The fourth-order valence-electron chi connectivity index (χ4n) is 6.98. The fourth-order valence-corrected chi connectivity index (χ4v) is 7.28. The number of hydrogen-bond acceptors (Lipinski definition) is 7. The van der Waals surface area contributed by atoms with Crippen LogP contribution in [-0.2, 0) is 15.7 Å². The van der Waals surface area contributed by atoms with Crippen molar-refractivity contribution < 1.29 is 14.3 Å². The van der Waals surface area contributed by atoms with E-state index in [4.69, 9.17) is 27.9 Å². The highest BCUT2D eigenvalue weighted by atomic mass is 35.5. The van der Waals surface area contributed by atoms with Gasteiger partial charge in [0.25, 0.3) is 5.91 Å². The number of hydrogen-bond donors (Lipinski definition) is 1. The molecule has 3 aliphatic rings. The predicted molar refractivity (Wildman–Crippen MR) is 175 cm³/mol. The lowest BCUT2D eigenvalue weighted by atomic mass is 9.76. The highest BCUT2D eigenvalue weighted by molar-refractivity contribution is 6.42. The molecule has 0 bridgehead atoms. The van der Waals surface area contributed by atoms with Crippen LogP contribution in [-0.4, -0.2) is 68.2 Å². The lowest BCUT2D eigenvalue weighted by molar-refractivity contribution is -0.112. The van der Waals surface area contributed by atoms with Crippen LogP contribution in [0.25, 0.3) is 0 Å². The van der Waals surface area contributed by atoms with Crippen LogP contribution < -0.4 is 10.1 Å². The lowest BCUT2D eigenvalue weighted by Crippen LogP contribution is -2.51. The molecule has 3 aromatic carbocycles. The maximum Gasteiger partial charge on any atom is 0.257 e. The summed E-state index contributed by atoms with van der Waals surface area (Å²) in [5.74, 6) is 0.426. The van der Waals surface area contributed by atoms with Gasteiger partial charge in [-0.05, 0) is 78.4 Å². The maximum absolute atomic E-state index is 14.1. The third-order valence-corrected chi connectivity index (χ3v) is 10.4. The number of carbonyl (C=O) groups excluding carboxylic acids is 2. The molecule has 2 amide bonds. The van der Waals surface area contributed by atoms with Gasteiger partial charge in [-0.2, -0.15) is 5.11 Å². The molecule has 11 heteroatoms. The van der Waals surface area contributed by atoms with E-state index in [1.165, 1.54) is 0 Å². The van der Waals surface area contributed by atoms with Crippen molar-refractivity contribution >= 4 is 41.7 Å². The molecule has 0 radical (unpaired) electrons. The molecule has 3 aromatic rings. The molecule has 3 aliphatic heterocycles. The summed E-state index contributed by atoms with van der Waals surface area (Å²) in [6, 6.07) is 21.3. The van der Waals surface area contributed by atoms with Gasteiger partial charge in [0.2, 0.25) is 6.41 Å². The highest BCUT2D eigenvalue weighted by Gasteiger charge is 2.43. The molecular weight excluding hydrogens is 611 g/mol. The molecule has 234 valence electrons. The lowest BCUT2D eigenvalue weighted by Gasteiger charge is -2.43. The van der Waals surface area contributed by atoms with E-state index in [1.54, 1.807) is 19.4 Å². The number of methoxy groups -OCH3 is 1. The van der Waals surface area contributed by atoms with Crippen LogP contribution in [0.4, 0.5) is 0 Å². The van der Waals surface area contributed by atoms with Gasteiger partial charge in [0.1, 0.15) is 11.8 Å². The second-order valence-corrected chi connectivity index (χ2v) is 12.9. The molecule has 2 fully saturated rings. The zero-order valence-electron chi connectivity index (χ0n) is 25.2. The van der Waals surface area contributed by atoms with E-state index in [9.17, 15) is 9.59 Å². The van der Waals surface area contributed by atoms with E-state index >= 15 is 0 Å². The van der Waals surface area contributed by atoms with Crippen LogP contribution in [0.1, 0.15) is 58.8 Å². The third kappa shape index (κ3) is 6.34. The Morgan fingerprint density at radius 1 is 1.00 bits per heavy atom. The molecular formula is C34H36Cl2N6O3. The van der Waals surface area contributed by atoms with Crippen molar-refractivity contribution in [2.45, 2.75) is 42.7 Å². The van der Waals surface area contributed by atoms with Crippen LogP contribution in [0, 0.1) is 0 Å². The van der Waals surface area contributed by atoms with Gasteiger partial charge in [-0.3, -0.25) is 9.59 Å². The summed E-state index contributed by atoms with van der Waals surface area (Å²) >= 11 is 12.9. The van der Waals surface area contributed by atoms with Gasteiger partial charge < -0.3 is 19.9 Å². The molecule has 0 aliphatic carbocycles. The van der Waals surface area contributed by atoms with Gasteiger partial charge in [0.15, 0.2) is 0 Å². The SMILES string of the molecule is COc1ccc(C2C=NN=N2)cc1C(=O)N1CC[C@](CCN2CCC(NC=O)(c3ccccc3)CC2)(c2ccc(Cl)c(Cl)c2)C1. The van der Waals surface area contributed by atoms with Gasteiger partial charge in [0.05, 0.1) is 34.5 Å². The number of carbonyl (C=O) groups is 2. The van der Waals surface area contributed by atoms with Crippen LogP contribution in [0.3, 0.4) is 0 Å². The number of likely N-dealkylation sites (tertiary alicyclic amines) is 2. The van der Waals surface area contributed by atoms with Crippen molar-refractivity contribution in [3.8, 4) is 5.75 Å². The van der Waals surface area contributed by atoms with Gasteiger partial charge in [-0.25, -0.2) is 0 Å². The molecule has 2 saturated heterocycles. The molecule has 9 nitrogen and oxygen atoms in total. The standard InChI is InChI=1S/C34H36Cl2N6O3/c1-45-31-10-7-24(30-21-38-40-39-30)19-27(31)32(44)42-18-12-33(22-42,26-8-9-28(35)29(36)20-26)11-15-41-16-13-34(14-17-41,37-23-43)25-5-3-2-4-6-25/h2-10,19-21,23,30H,11-18,22H2,1H3,(H,37,43)/t30?,33-/m0/s1.